The van der Waals surface area contributed by atoms with E-state index in [1.54, 1.807) is 21.1 Å². The molecule has 5 heterocycles. The molecule has 1 aromatic heterocycles. The molecule has 1 atom stereocenters. The lowest BCUT2D eigenvalue weighted by Crippen LogP contribution is -2.51. The Balaban J connectivity index is 1.12. The van der Waals surface area contributed by atoms with Gasteiger partial charge in [-0.25, -0.2) is 4.79 Å². The molecule has 3 fully saturated rings. The standard InChI is InChI=1S/C33H42ClF3N6O3S/c34-27-17-21(16-26(30(27)38)33(35,36)37)15-23(31(45)42-12-4-24(5-13-42)40-8-1-2-9-40)18-29(44)41-10-6-25(7-11-41)43-14-3-22-19-47-20-28(22)39-32(43)46/h16-17,19-20,23-25H,1-15,18,38H2,(H,39,46)/t23-/m0/s1. The Kier molecular flexibility index (Phi) is 10.2. The number of alkyl halides is 3. The van der Waals surface area contributed by atoms with Gasteiger partial charge in [-0.1, -0.05) is 11.6 Å². The molecule has 4 aliphatic heterocycles. The first kappa shape index (κ1) is 33.9. The fraction of sp³-hybridized carbons (Fsp3) is 0.606. The van der Waals surface area contributed by atoms with Crippen molar-refractivity contribution in [1.82, 2.24) is 19.6 Å². The summed E-state index contributed by atoms with van der Waals surface area (Å²) in [7, 11) is 0. The van der Waals surface area contributed by atoms with Gasteiger partial charge in [-0.15, -0.1) is 11.3 Å². The van der Waals surface area contributed by atoms with Gasteiger partial charge >= 0.3 is 12.2 Å². The first-order valence-corrected chi connectivity index (χ1v) is 17.9. The number of hydrogen-bond acceptors (Lipinski definition) is 6. The average Bonchev–Trinajstić information content (AvgIpc) is 3.72. The van der Waals surface area contributed by atoms with Gasteiger partial charge in [0.2, 0.25) is 11.8 Å². The van der Waals surface area contributed by atoms with E-state index in [0.717, 1.165) is 49.7 Å². The summed E-state index contributed by atoms with van der Waals surface area (Å²) in [5, 5.41) is 6.76. The fourth-order valence-electron chi connectivity index (χ4n) is 7.65. The lowest BCUT2D eigenvalue weighted by atomic mass is 9.91. The molecule has 2 aromatic rings. The van der Waals surface area contributed by atoms with Gasteiger partial charge in [-0.3, -0.25) is 9.59 Å². The number of rotatable bonds is 7. The van der Waals surface area contributed by atoms with Crippen LogP contribution in [-0.4, -0.2) is 95.3 Å². The van der Waals surface area contributed by atoms with Crippen LogP contribution in [0.4, 0.5) is 29.3 Å². The summed E-state index contributed by atoms with van der Waals surface area (Å²) in [5.41, 5.74) is 6.27. The second kappa shape index (κ2) is 14.2. The van der Waals surface area contributed by atoms with Crippen LogP contribution in [0.2, 0.25) is 5.02 Å². The topological polar surface area (TPSA) is 102 Å². The monoisotopic (exact) mass is 694 g/mol. The Hall–Kier alpha value is -3.03. The maximum absolute atomic E-state index is 14.0. The van der Waals surface area contributed by atoms with Gasteiger partial charge in [-0.2, -0.15) is 13.2 Å². The molecular formula is C33H42ClF3N6O3S. The number of benzene rings is 1. The summed E-state index contributed by atoms with van der Waals surface area (Å²) < 4.78 is 41.3. The molecule has 47 heavy (non-hydrogen) atoms. The highest BCUT2D eigenvalue weighted by atomic mass is 35.5. The number of amides is 4. The number of hydrogen-bond donors (Lipinski definition) is 2. The van der Waals surface area contributed by atoms with Gasteiger partial charge in [0.05, 0.1) is 27.9 Å². The van der Waals surface area contributed by atoms with E-state index in [1.165, 1.54) is 18.9 Å². The third kappa shape index (κ3) is 7.67. The zero-order valence-corrected chi connectivity index (χ0v) is 27.9. The van der Waals surface area contributed by atoms with E-state index >= 15 is 0 Å². The summed E-state index contributed by atoms with van der Waals surface area (Å²) in [4.78, 5) is 48.5. The van der Waals surface area contributed by atoms with E-state index < -0.39 is 23.3 Å². The van der Waals surface area contributed by atoms with Gasteiger partial charge < -0.3 is 30.7 Å². The lowest BCUT2D eigenvalue weighted by molar-refractivity contribution is -0.143. The Labute approximate surface area is 282 Å². The number of likely N-dealkylation sites (tertiary alicyclic amines) is 3. The van der Waals surface area contributed by atoms with Crippen molar-refractivity contribution in [2.45, 2.75) is 76.0 Å². The number of thiophene rings is 1. The molecule has 1 aromatic carbocycles. The minimum atomic E-state index is -4.71. The third-order valence-electron chi connectivity index (χ3n) is 10.3. The first-order chi connectivity index (χ1) is 22.5. The highest BCUT2D eigenvalue weighted by Crippen LogP contribution is 2.39. The number of piperidine rings is 2. The number of nitrogens with two attached hydrogens (primary N) is 1. The molecule has 0 aliphatic carbocycles. The van der Waals surface area contributed by atoms with Crippen LogP contribution in [0.1, 0.15) is 61.6 Å². The molecule has 14 heteroatoms. The van der Waals surface area contributed by atoms with Gasteiger partial charge in [0.1, 0.15) is 0 Å². The number of carbonyl (C=O) groups excluding carboxylic acids is 3. The molecule has 4 aliphatic rings. The molecule has 9 nitrogen and oxygen atoms in total. The predicted molar refractivity (Wildman–Crippen MR) is 176 cm³/mol. The number of urea groups is 1. The smallest absolute Gasteiger partial charge is 0.397 e. The van der Waals surface area contributed by atoms with E-state index in [9.17, 15) is 27.6 Å². The molecule has 0 radical (unpaired) electrons. The van der Waals surface area contributed by atoms with Crippen LogP contribution < -0.4 is 11.1 Å². The van der Waals surface area contributed by atoms with E-state index in [4.69, 9.17) is 17.3 Å². The summed E-state index contributed by atoms with van der Waals surface area (Å²) in [6.45, 7) is 4.72. The number of nitrogens with zero attached hydrogens (tertiary/aromatic N) is 4. The largest absolute Gasteiger partial charge is 0.418 e. The van der Waals surface area contributed by atoms with Crippen molar-refractivity contribution in [1.29, 1.82) is 0 Å². The quantitative estimate of drug-likeness (QED) is 0.361. The molecule has 6 rings (SSSR count). The molecular weight excluding hydrogens is 653 g/mol. The molecule has 0 unspecified atom stereocenters. The second-order valence-electron chi connectivity index (χ2n) is 13.2. The predicted octanol–water partition coefficient (Wildman–Crippen LogP) is 5.72. The van der Waals surface area contributed by atoms with Crippen LogP contribution in [0, 0.1) is 5.92 Å². The van der Waals surface area contributed by atoms with Gasteiger partial charge in [0.15, 0.2) is 0 Å². The number of carbonyl (C=O) groups is 3. The number of nitrogens with one attached hydrogen (secondary N) is 1. The van der Waals surface area contributed by atoms with E-state index in [2.05, 4.69) is 15.6 Å². The summed E-state index contributed by atoms with van der Waals surface area (Å²) in [5.74, 6) is -1.28. The van der Waals surface area contributed by atoms with Crippen molar-refractivity contribution in [3.63, 3.8) is 0 Å². The van der Waals surface area contributed by atoms with Crippen molar-refractivity contribution < 1.29 is 27.6 Å². The maximum atomic E-state index is 14.0. The van der Waals surface area contributed by atoms with Crippen LogP contribution in [0.5, 0.6) is 0 Å². The molecule has 3 N–H and O–H groups in total. The zero-order valence-electron chi connectivity index (χ0n) is 26.4. The summed E-state index contributed by atoms with van der Waals surface area (Å²) in [6, 6.07) is 2.59. The molecule has 4 amide bonds. The van der Waals surface area contributed by atoms with Gasteiger partial charge in [0.25, 0.3) is 0 Å². The molecule has 0 spiro atoms. The van der Waals surface area contributed by atoms with Crippen LogP contribution in [0.3, 0.4) is 0 Å². The Morgan fingerprint density at radius 2 is 1.62 bits per heavy atom. The van der Waals surface area contributed by atoms with Crippen LogP contribution in [-0.2, 0) is 28.6 Å². The van der Waals surface area contributed by atoms with Crippen molar-refractivity contribution in [3.05, 3.63) is 44.6 Å². The van der Waals surface area contributed by atoms with Crippen molar-refractivity contribution in [3.8, 4) is 0 Å². The fourth-order valence-corrected chi connectivity index (χ4v) is 8.71. The van der Waals surface area contributed by atoms with Gasteiger partial charge in [0, 0.05) is 56.6 Å². The number of halogens is 4. The maximum Gasteiger partial charge on any atom is 0.418 e. The molecule has 0 saturated carbocycles. The lowest BCUT2D eigenvalue weighted by Gasteiger charge is -2.39. The molecule has 3 saturated heterocycles. The van der Waals surface area contributed by atoms with Crippen LogP contribution in [0.25, 0.3) is 0 Å². The van der Waals surface area contributed by atoms with Crippen molar-refractivity contribution in [2.24, 2.45) is 5.92 Å². The third-order valence-corrected chi connectivity index (χ3v) is 11.4. The Morgan fingerprint density at radius 3 is 2.30 bits per heavy atom. The van der Waals surface area contributed by atoms with Crippen LogP contribution >= 0.6 is 22.9 Å². The highest BCUT2D eigenvalue weighted by molar-refractivity contribution is 7.08. The highest BCUT2D eigenvalue weighted by Gasteiger charge is 2.38. The van der Waals surface area contributed by atoms with Crippen LogP contribution in [0.15, 0.2) is 22.9 Å². The zero-order chi connectivity index (χ0) is 33.3. The second-order valence-corrected chi connectivity index (χ2v) is 14.4. The Morgan fingerprint density at radius 1 is 0.957 bits per heavy atom. The van der Waals surface area contributed by atoms with E-state index in [-0.39, 0.29) is 47.3 Å². The van der Waals surface area contributed by atoms with Gasteiger partial charge in [-0.05, 0) is 93.1 Å². The average molecular weight is 695 g/mol. The molecule has 0 bridgehead atoms. The van der Waals surface area contributed by atoms with E-state index in [0.29, 0.717) is 51.6 Å². The minimum absolute atomic E-state index is 0.0150. The summed E-state index contributed by atoms with van der Waals surface area (Å²) in [6.07, 6.45) is 1.13. The Bertz CT molecular complexity index is 1470. The van der Waals surface area contributed by atoms with Crippen molar-refractivity contribution >= 4 is 52.2 Å². The molecule has 256 valence electrons. The summed E-state index contributed by atoms with van der Waals surface area (Å²) >= 11 is 7.69. The van der Waals surface area contributed by atoms with Crippen molar-refractivity contribution in [2.75, 3.05) is 56.9 Å². The number of fused-ring (bicyclic) bond motifs is 1. The number of anilines is 2. The normalized spacial score (nSPS) is 21.0. The first-order valence-electron chi connectivity index (χ1n) is 16.6. The van der Waals surface area contributed by atoms with E-state index in [1.807, 2.05) is 10.3 Å². The SMILES string of the molecule is Nc1c(Cl)cc(C[C@@H](CC(=O)N2CCC(N3CCc4cscc4NC3=O)CC2)C(=O)N2CCC(N3CCCC3)CC2)cc1C(F)(F)F. The number of nitrogen functional groups attached to an aromatic ring is 1. The minimum Gasteiger partial charge on any atom is -0.397 e.